The maximum atomic E-state index is 10.9. The fourth-order valence-corrected chi connectivity index (χ4v) is 1.52. The van der Waals surface area contributed by atoms with Crippen LogP contribution in [0.25, 0.3) is 0 Å². The molecule has 0 spiro atoms. The van der Waals surface area contributed by atoms with Gasteiger partial charge >= 0.3 is 0 Å². The molecule has 0 aliphatic rings. The van der Waals surface area contributed by atoms with Crippen LogP contribution in [0.3, 0.4) is 0 Å². The smallest absolute Gasteiger partial charge is 0.231 e. The quantitative estimate of drug-likeness (QED) is 0.647. The number of nitrogens with two attached hydrogens (primary N) is 2. The van der Waals surface area contributed by atoms with Gasteiger partial charge in [-0.25, -0.2) is 4.98 Å². The number of pyridine rings is 1. The predicted molar refractivity (Wildman–Crippen MR) is 62.6 cm³/mol. The van der Waals surface area contributed by atoms with Crippen LogP contribution >= 0.6 is 0 Å². The van der Waals surface area contributed by atoms with Crippen LogP contribution in [0.1, 0.15) is 11.3 Å². The van der Waals surface area contributed by atoms with Crippen molar-refractivity contribution >= 4 is 11.8 Å². The third-order valence-corrected chi connectivity index (χ3v) is 2.15. The van der Waals surface area contributed by atoms with Gasteiger partial charge in [0, 0.05) is 18.3 Å². The second-order valence-electron chi connectivity index (χ2n) is 3.70. The van der Waals surface area contributed by atoms with Crippen molar-refractivity contribution in [3.63, 3.8) is 0 Å². The van der Waals surface area contributed by atoms with Crippen molar-refractivity contribution in [2.24, 2.45) is 11.5 Å². The summed E-state index contributed by atoms with van der Waals surface area (Å²) in [5.74, 6) is -1.14. The second-order valence-corrected chi connectivity index (χ2v) is 3.70. The summed E-state index contributed by atoms with van der Waals surface area (Å²) in [6.45, 7) is -0.00593. The molecule has 0 atom stereocenters. The Balaban J connectivity index is 2.85. The largest absolute Gasteiger partial charge is 0.369 e. The first-order valence-electron chi connectivity index (χ1n) is 5.16. The first kappa shape index (κ1) is 13.6. The lowest BCUT2D eigenvalue weighted by Gasteiger charge is -2.19. The summed E-state index contributed by atoms with van der Waals surface area (Å²) in [6, 6.07) is 5.30. The van der Waals surface area contributed by atoms with Gasteiger partial charge < -0.3 is 11.5 Å². The summed E-state index contributed by atoms with van der Waals surface area (Å²) in [6.07, 6.45) is 1.49. The lowest BCUT2D eigenvalue weighted by atomic mass is 10.2. The van der Waals surface area contributed by atoms with Gasteiger partial charge in [-0.05, 0) is 6.07 Å². The van der Waals surface area contributed by atoms with E-state index in [1.165, 1.54) is 11.1 Å². The van der Waals surface area contributed by atoms with Crippen LogP contribution < -0.4 is 11.5 Å². The van der Waals surface area contributed by atoms with E-state index in [1.807, 2.05) is 6.07 Å². The Bertz CT molecular complexity index is 478. The molecule has 0 aliphatic heterocycles. The lowest BCUT2D eigenvalue weighted by molar-refractivity contribution is -0.122. The van der Waals surface area contributed by atoms with Crippen molar-refractivity contribution in [2.45, 2.75) is 6.54 Å². The van der Waals surface area contributed by atoms with Crippen molar-refractivity contribution in [1.29, 1.82) is 5.26 Å². The second kappa shape index (κ2) is 6.32. The molecule has 2 amide bonds. The third kappa shape index (κ3) is 4.19. The summed E-state index contributed by atoms with van der Waals surface area (Å²) >= 11 is 0. The summed E-state index contributed by atoms with van der Waals surface area (Å²) in [7, 11) is 0. The summed E-state index contributed by atoms with van der Waals surface area (Å²) < 4.78 is 0. The van der Waals surface area contributed by atoms with Crippen molar-refractivity contribution < 1.29 is 9.59 Å². The average molecular weight is 247 g/mol. The number of carbonyl (C=O) groups is 2. The molecular formula is C11H13N5O2. The van der Waals surface area contributed by atoms with Crippen LogP contribution in [0.15, 0.2) is 18.3 Å². The molecule has 0 radical (unpaired) electrons. The van der Waals surface area contributed by atoms with Crippen LogP contribution in [0.4, 0.5) is 0 Å². The number of carbonyl (C=O) groups excluding carboxylic acids is 2. The highest BCUT2D eigenvalue weighted by molar-refractivity contribution is 5.79. The monoisotopic (exact) mass is 247 g/mol. The molecule has 0 aromatic carbocycles. The van der Waals surface area contributed by atoms with Crippen molar-refractivity contribution in [1.82, 2.24) is 9.88 Å². The number of nitriles is 1. The first-order valence-corrected chi connectivity index (χ1v) is 5.16. The molecule has 94 valence electrons. The van der Waals surface area contributed by atoms with Crippen molar-refractivity contribution in [3.8, 4) is 6.07 Å². The molecule has 18 heavy (non-hydrogen) atoms. The third-order valence-electron chi connectivity index (χ3n) is 2.15. The molecule has 0 unspecified atom stereocenters. The van der Waals surface area contributed by atoms with Gasteiger partial charge in [0.25, 0.3) is 0 Å². The van der Waals surface area contributed by atoms with Crippen LogP contribution in [-0.4, -0.2) is 34.8 Å². The van der Waals surface area contributed by atoms with Crippen LogP contribution in [0.5, 0.6) is 0 Å². The predicted octanol–water partition coefficient (Wildman–Crippen LogP) is -1.27. The van der Waals surface area contributed by atoms with E-state index < -0.39 is 11.8 Å². The zero-order valence-corrected chi connectivity index (χ0v) is 9.67. The molecule has 1 aromatic heterocycles. The number of hydrogen-bond acceptors (Lipinski definition) is 5. The van der Waals surface area contributed by atoms with Gasteiger partial charge in [0.05, 0.1) is 13.1 Å². The number of hydrogen-bond donors (Lipinski definition) is 2. The minimum atomic E-state index is -0.571. The number of aromatic nitrogens is 1. The molecular weight excluding hydrogens is 234 g/mol. The van der Waals surface area contributed by atoms with Crippen LogP contribution in [0, 0.1) is 11.3 Å². The molecule has 4 N–H and O–H groups in total. The minimum absolute atomic E-state index is 0.108. The molecule has 1 aromatic rings. The number of rotatable bonds is 6. The van der Waals surface area contributed by atoms with E-state index in [1.54, 1.807) is 12.1 Å². The normalized spacial score (nSPS) is 10.0. The van der Waals surface area contributed by atoms with Gasteiger partial charge in [0.1, 0.15) is 11.8 Å². The first-order chi connectivity index (χ1) is 8.52. The van der Waals surface area contributed by atoms with Crippen LogP contribution in [0.2, 0.25) is 0 Å². The van der Waals surface area contributed by atoms with E-state index >= 15 is 0 Å². The van der Waals surface area contributed by atoms with E-state index in [9.17, 15) is 9.59 Å². The highest BCUT2D eigenvalue weighted by atomic mass is 16.2. The van der Waals surface area contributed by atoms with Gasteiger partial charge in [-0.1, -0.05) is 6.07 Å². The molecule has 0 fully saturated rings. The summed E-state index contributed by atoms with van der Waals surface area (Å²) in [5.41, 5.74) is 11.0. The lowest BCUT2D eigenvalue weighted by Crippen LogP contribution is -2.39. The van der Waals surface area contributed by atoms with Crippen molar-refractivity contribution in [2.75, 3.05) is 13.1 Å². The average Bonchev–Trinajstić information content (AvgIpc) is 2.27. The standard InChI is InChI=1S/C11H13N5O2/c12-4-9-8(2-1-3-15-9)5-16(6-10(13)17)7-11(14)18/h1-3H,5-7H2,(H2,13,17)(H2,14,18). The van der Waals surface area contributed by atoms with E-state index in [0.717, 1.165) is 0 Å². The highest BCUT2D eigenvalue weighted by Gasteiger charge is 2.14. The van der Waals surface area contributed by atoms with Gasteiger partial charge in [-0.3, -0.25) is 14.5 Å². The van der Waals surface area contributed by atoms with E-state index in [0.29, 0.717) is 5.56 Å². The molecule has 0 bridgehead atoms. The Hall–Kier alpha value is -2.46. The molecule has 7 heteroatoms. The molecule has 0 saturated carbocycles. The Morgan fingerprint density at radius 2 is 1.94 bits per heavy atom. The molecule has 1 heterocycles. The SMILES string of the molecule is N#Cc1ncccc1CN(CC(N)=O)CC(N)=O. The number of primary amides is 2. The van der Waals surface area contributed by atoms with Crippen LogP contribution in [-0.2, 0) is 16.1 Å². The molecule has 7 nitrogen and oxygen atoms in total. The highest BCUT2D eigenvalue weighted by Crippen LogP contribution is 2.07. The molecule has 0 aliphatic carbocycles. The zero-order chi connectivity index (χ0) is 13.5. The number of amides is 2. The fourth-order valence-electron chi connectivity index (χ4n) is 1.52. The summed E-state index contributed by atoms with van der Waals surface area (Å²) in [5, 5.41) is 8.88. The topological polar surface area (TPSA) is 126 Å². The van der Waals surface area contributed by atoms with Gasteiger partial charge in [0.15, 0.2) is 0 Å². The minimum Gasteiger partial charge on any atom is -0.369 e. The van der Waals surface area contributed by atoms with Gasteiger partial charge in [-0.2, -0.15) is 5.26 Å². The van der Waals surface area contributed by atoms with E-state index in [4.69, 9.17) is 16.7 Å². The Labute approximate surface area is 104 Å². The van der Waals surface area contributed by atoms with E-state index in [2.05, 4.69) is 4.98 Å². The fraction of sp³-hybridized carbons (Fsp3) is 0.273. The maximum absolute atomic E-state index is 10.9. The molecule has 1 rings (SSSR count). The van der Waals surface area contributed by atoms with Crippen molar-refractivity contribution in [3.05, 3.63) is 29.6 Å². The molecule has 0 saturated heterocycles. The Morgan fingerprint density at radius 1 is 1.33 bits per heavy atom. The van der Waals surface area contributed by atoms with E-state index in [-0.39, 0.29) is 25.3 Å². The zero-order valence-electron chi connectivity index (χ0n) is 9.67. The Morgan fingerprint density at radius 3 is 2.44 bits per heavy atom. The Kier molecular flexibility index (Phi) is 4.78. The van der Waals surface area contributed by atoms with Gasteiger partial charge in [-0.15, -0.1) is 0 Å². The maximum Gasteiger partial charge on any atom is 0.231 e. The summed E-state index contributed by atoms with van der Waals surface area (Å²) in [4.78, 5) is 27.1. The number of nitrogens with zero attached hydrogens (tertiary/aromatic N) is 3. The van der Waals surface area contributed by atoms with Gasteiger partial charge in [0.2, 0.25) is 11.8 Å².